The van der Waals surface area contributed by atoms with Gasteiger partial charge in [-0.1, -0.05) is 6.92 Å². The lowest BCUT2D eigenvalue weighted by atomic mass is 9.77. The standard InChI is InChI=1S/C12H18N2O3/c1-8-2-4-12(5-3-8)10(15)14(11(16)13-12)6-9-7-17-9/h8-9H,2-7H2,1H3,(H,13,16). The zero-order chi connectivity index (χ0) is 12.0. The molecule has 0 radical (unpaired) electrons. The number of epoxide rings is 1. The van der Waals surface area contributed by atoms with E-state index in [0.29, 0.717) is 19.1 Å². The highest BCUT2D eigenvalue weighted by Crippen LogP contribution is 2.36. The van der Waals surface area contributed by atoms with Crippen LogP contribution in [0.1, 0.15) is 32.6 Å². The van der Waals surface area contributed by atoms with Crippen LogP contribution in [-0.2, 0) is 9.53 Å². The van der Waals surface area contributed by atoms with Gasteiger partial charge in [0.05, 0.1) is 19.3 Å². The molecule has 0 aromatic rings. The largest absolute Gasteiger partial charge is 0.371 e. The zero-order valence-electron chi connectivity index (χ0n) is 10.1. The maximum atomic E-state index is 12.3. The minimum atomic E-state index is -0.599. The molecular formula is C12H18N2O3. The molecule has 0 aromatic heterocycles. The van der Waals surface area contributed by atoms with E-state index in [-0.39, 0.29) is 18.0 Å². The van der Waals surface area contributed by atoms with Crippen LogP contribution in [0.5, 0.6) is 0 Å². The lowest BCUT2D eigenvalue weighted by molar-refractivity contribution is -0.132. The van der Waals surface area contributed by atoms with E-state index in [1.807, 2.05) is 0 Å². The van der Waals surface area contributed by atoms with Crippen molar-refractivity contribution < 1.29 is 14.3 Å². The van der Waals surface area contributed by atoms with Crippen LogP contribution >= 0.6 is 0 Å². The molecule has 5 heteroatoms. The second-order valence-electron chi connectivity index (χ2n) is 5.57. The fourth-order valence-corrected chi connectivity index (χ4v) is 2.81. The van der Waals surface area contributed by atoms with Crippen LogP contribution in [-0.4, -0.2) is 41.6 Å². The minimum absolute atomic E-state index is 0.0371. The normalized spacial score (nSPS) is 40.9. The van der Waals surface area contributed by atoms with Gasteiger partial charge in [0, 0.05) is 0 Å². The number of carbonyl (C=O) groups is 2. The van der Waals surface area contributed by atoms with Crippen molar-refractivity contribution in [1.29, 1.82) is 0 Å². The summed E-state index contributed by atoms with van der Waals surface area (Å²) >= 11 is 0. The Balaban J connectivity index is 1.74. The molecule has 2 aliphatic heterocycles. The topological polar surface area (TPSA) is 61.9 Å². The van der Waals surface area contributed by atoms with Crippen molar-refractivity contribution in [1.82, 2.24) is 10.2 Å². The monoisotopic (exact) mass is 238 g/mol. The Morgan fingerprint density at radius 1 is 1.41 bits per heavy atom. The fraction of sp³-hybridized carbons (Fsp3) is 0.833. The molecule has 94 valence electrons. The quantitative estimate of drug-likeness (QED) is 0.574. The second-order valence-corrected chi connectivity index (χ2v) is 5.57. The van der Waals surface area contributed by atoms with E-state index >= 15 is 0 Å². The van der Waals surface area contributed by atoms with Crippen molar-refractivity contribution in [2.75, 3.05) is 13.2 Å². The molecule has 5 nitrogen and oxygen atoms in total. The number of ether oxygens (including phenoxy) is 1. The number of rotatable bonds is 2. The third-order valence-electron chi connectivity index (χ3n) is 4.16. The average Bonchev–Trinajstić information content (AvgIpc) is 3.08. The molecule has 3 amide bonds. The lowest BCUT2D eigenvalue weighted by Gasteiger charge is -2.33. The summed E-state index contributed by atoms with van der Waals surface area (Å²) in [6.45, 7) is 3.28. The Morgan fingerprint density at radius 2 is 2.06 bits per heavy atom. The number of nitrogens with one attached hydrogen (secondary N) is 1. The maximum absolute atomic E-state index is 12.3. The van der Waals surface area contributed by atoms with Gasteiger partial charge >= 0.3 is 6.03 Å². The van der Waals surface area contributed by atoms with Gasteiger partial charge in [0.1, 0.15) is 5.54 Å². The van der Waals surface area contributed by atoms with E-state index in [4.69, 9.17) is 4.74 Å². The number of hydrogen-bond acceptors (Lipinski definition) is 3. The summed E-state index contributed by atoms with van der Waals surface area (Å²) in [5.41, 5.74) is -0.599. The lowest BCUT2D eigenvalue weighted by Crippen LogP contribution is -2.49. The number of nitrogens with zero attached hydrogens (tertiary/aromatic N) is 1. The van der Waals surface area contributed by atoms with Gasteiger partial charge in [-0.05, 0) is 31.6 Å². The van der Waals surface area contributed by atoms with Crippen molar-refractivity contribution >= 4 is 11.9 Å². The number of carbonyl (C=O) groups excluding carboxylic acids is 2. The Hall–Kier alpha value is -1.10. The summed E-state index contributed by atoms with van der Waals surface area (Å²) in [4.78, 5) is 25.5. The highest BCUT2D eigenvalue weighted by molar-refractivity contribution is 6.07. The average molecular weight is 238 g/mol. The zero-order valence-corrected chi connectivity index (χ0v) is 10.1. The second kappa shape index (κ2) is 3.70. The molecular weight excluding hydrogens is 220 g/mol. The van der Waals surface area contributed by atoms with Crippen molar-refractivity contribution in [3.8, 4) is 0 Å². The van der Waals surface area contributed by atoms with Gasteiger partial charge < -0.3 is 10.1 Å². The van der Waals surface area contributed by atoms with Crippen molar-refractivity contribution in [2.24, 2.45) is 5.92 Å². The molecule has 1 aliphatic carbocycles. The van der Waals surface area contributed by atoms with Gasteiger partial charge in [-0.2, -0.15) is 0 Å². The van der Waals surface area contributed by atoms with Crippen LogP contribution in [0.2, 0.25) is 0 Å². The molecule has 2 heterocycles. The van der Waals surface area contributed by atoms with Crippen LogP contribution in [0.25, 0.3) is 0 Å². The Morgan fingerprint density at radius 3 is 2.65 bits per heavy atom. The summed E-state index contributed by atoms with van der Waals surface area (Å²) in [5.74, 6) is 0.621. The number of imide groups is 1. The summed E-state index contributed by atoms with van der Waals surface area (Å²) in [6, 6.07) is -0.236. The third-order valence-corrected chi connectivity index (χ3v) is 4.16. The highest BCUT2D eigenvalue weighted by Gasteiger charge is 2.52. The van der Waals surface area contributed by atoms with Gasteiger partial charge in [-0.15, -0.1) is 0 Å². The molecule has 3 rings (SSSR count). The van der Waals surface area contributed by atoms with Crippen LogP contribution in [0.15, 0.2) is 0 Å². The molecule has 1 unspecified atom stereocenters. The van der Waals surface area contributed by atoms with Gasteiger partial charge in [-0.25, -0.2) is 4.79 Å². The van der Waals surface area contributed by atoms with Crippen LogP contribution < -0.4 is 5.32 Å². The number of urea groups is 1. The first-order chi connectivity index (χ1) is 8.11. The minimum Gasteiger partial charge on any atom is -0.371 e. The Labute approximate surface area is 100 Å². The molecule has 3 aliphatic rings. The predicted octanol–water partition coefficient (Wildman–Crippen LogP) is 0.886. The number of hydrogen-bond donors (Lipinski definition) is 1. The van der Waals surface area contributed by atoms with Crippen LogP contribution in [0, 0.1) is 5.92 Å². The van der Waals surface area contributed by atoms with Gasteiger partial charge in [0.15, 0.2) is 0 Å². The van der Waals surface area contributed by atoms with E-state index in [9.17, 15) is 9.59 Å². The van der Waals surface area contributed by atoms with Gasteiger partial charge in [0.2, 0.25) is 0 Å². The Kier molecular flexibility index (Phi) is 2.40. The van der Waals surface area contributed by atoms with Crippen molar-refractivity contribution in [3.05, 3.63) is 0 Å². The molecule has 2 saturated heterocycles. The van der Waals surface area contributed by atoms with Crippen molar-refractivity contribution in [3.63, 3.8) is 0 Å². The fourth-order valence-electron chi connectivity index (χ4n) is 2.81. The smallest absolute Gasteiger partial charge is 0.325 e. The highest BCUT2D eigenvalue weighted by atomic mass is 16.6. The third kappa shape index (κ3) is 1.82. The molecule has 1 spiro atoms. The van der Waals surface area contributed by atoms with Gasteiger partial charge in [-0.3, -0.25) is 9.69 Å². The SMILES string of the molecule is CC1CCC2(CC1)NC(=O)N(CC1CO1)C2=O. The number of amides is 3. The van der Waals surface area contributed by atoms with E-state index in [2.05, 4.69) is 12.2 Å². The molecule has 1 N–H and O–H groups in total. The molecule has 0 aromatic carbocycles. The molecule has 1 saturated carbocycles. The molecule has 1 atom stereocenters. The summed E-state index contributed by atoms with van der Waals surface area (Å²) in [6.07, 6.45) is 3.66. The summed E-state index contributed by atoms with van der Waals surface area (Å²) in [7, 11) is 0. The Bertz CT molecular complexity index is 357. The molecule has 3 fully saturated rings. The first-order valence-corrected chi connectivity index (χ1v) is 6.36. The summed E-state index contributed by atoms with van der Waals surface area (Å²) < 4.78 is 5.09. The van der Waals surface area contributed by atoms with E-state index < -0.39 is 5.54 Å². The predicted molar refractivity (Wildman–Crippen MR) is 60.3 cm³/mol. The molecule has 0 bridgehead atoms. The van der Waals surface area contributed by atoms with Crippen molar-refractivity contribution in [2.45, 2.75) is 44.2 Å². The van der Waals surface area contributed by atoms with E-state index in [1.54, 1.807) is 0 Å². The van der Waals surface area contributed by atoms with E-state index in [1.165, 1.54) is 4.90 Å². The van der Waals surface area contributed by atoms with Crippen LogP contribution in [0.3, 0.4) is 0 Å². The first kappa shape index (κ1) is 11.0. The maximum Gasteiger partial charge on any atom is 0.325 e. The van der Waals surface area contributed by atoms with Gasteiger partial charge in [0.25, 0.3) is 5.91 Å². The molecule has 17 heavy (non-hydrogen) atoms. The van der Waals surface area contributed by atoms with E-state index in [0.717, 1.165) is 25.7 Å². The first-order valence-electron chi connectivity index (χ1n) is 6.36. The van der Waals surface area contributed by atoms with Crippen LogP contribution in [0.4, 0.5) is 4.79 Å². The summed E-state index contributed by atoms with van der Waals surface area (Å²) in [5, 5.41) is 2.90.